The molecule has 0 aliphatic carbocycles. The zero-order valence-electron chi connectivity index (χ0n) is 12.4. The van der Waals surface area contributed by atoms with Gasteiger partial charge in [-0.05, 0) is 23.8 Å². The Balaban J connectivity index is 2.08. The summed E-state index contributed by atoms with van der Waals surface area (Å²) in [6, 6.07) is 4.99. The van der Waals surface area contributed by atoms with Crippen LogP contribution in [0.3, 0.4) is 0 Å². The Morgan fingerprint density at radius 3 is 2.62 bits per heavy atom. The smallest absolute Gasteiger partial charge is 0.246 e. The zero-order valence-corrected chi connectivity index (χ0v) is 14.7. The van der Waals surface area contributed by atoms with E-state index in [1.54, 1.807) is 24.5 Å². The first-order valence-electron chi connectivity index (χ1n) is 7.18. The molecule has 5 nitrogen and oxygen atoms in total. The second-order valence-electron chi connectivity index (χ2n) is 5.32. The number of benzene rings is 1. The largest absolute Gasteiger partial charge is 0.313 e. The molecule has 2 heterocycles. The third-order valence-electron chi connectivity index (χ3n) is 3.79. The minimum Gasteiger partial charge on any atom is -0.313 e. The van der Waals surface area contributed by atoms with E-state index in [1.807, 2.05) is 0 Å². The molecule has 9 heteroatoms. The van der Waals surface area contributed by atoms with E-state index < -0.39 is 21.9 Å². The van der Waals surface area contributed by atoms with Crippen molar-refractivity contribution in [1.29, 1.82) is 0 Å². The van der Waals surface area contributed by atoms with Crippen LogP contribution in [0.15, 0.2) is 41.6 Å². The number of piperazine rings is 1. The quantitative estimate of drug-likeness (QED) is 0.876. The standard InChI is InChI=1S/C15H14Cl2FN3O2S/c16-12-6-11(18)7-13(17)15(12)24(22,23)21-5-4-20-9-14(21)10-2-1-3-19-8-10/h1-3,6-8,14,20H,4-5,9H2. The van der Waals surface area contributed by atoms with Crippen LogP contribution in [0, 0.1) is 5.82 Å². The van der Waals surface area contributed by atoms with Crippen LogP contribution < -0.4 is 5.32 Å². The van der Waals surface area contributed by atoms with Gasteiger partial charge in [-0.3, -0.25) is 4.98 Å². The molecular formula is C15H14Cl2FN3O2S. The number of aromatic nitrogens is 1. The highest BCUT2D eigenvalue weighted by atomic mass is 35.5. The van der Waals surface area contributed by atoms with Crippen LogP contribution in [0.2, 0.25) is 10.0 Å². The fourth-order valence-corrected chi connectivity index (χ4v) is 5.48. The van der Waals surface area contributed by atoms with E-state index in [-0.39, 0.29) is 21.5 Å². The second kappa shape index (κ2) is 6.93. The summed E-state index contributed by atoms with van der Waals surface area (Å²) in [6.45, 7) is 1.17. The lowest BCUT2D eigenvalue weighted by atomic mass is 10.1. The fourth-order valence-electron chi connectivity index (χ4n) is 2.72. The summed E-state index contributed by atoms with van der Waals surface area (Å²) in [5.74, 6) is -0.687. The van der Waals surface area contributed by atoms with Gasteiger partial charge in [0.25, 0.3) is 0 Å². The lowest BCUT2D eigenvalue weighted by Crippen LogP contribution is -2.48. The Labute approximate surface area is 149 Å². The van der Waals surface area contributed by atoms with Gasteiger partial charge in [0.1, 0.15) is 10.7 Å². The van der Waals surface area contributed by atoms with Crippen molar-refractivity contribution in [2.75, 3.05) is 19.6 Å². The maximum Gasteiger partial charge on any atom is 0.246 e. The maximum absolute atomic E-state index is 13.4. The number of sulfonamides is 1. The van der Waals surface area contributed by atoms with Crippen molar-refractivity contribution in [1.82, 2.24) is 14.6 Å². The van der Waals surface area contributed by atoms with Gasteiger partial charge in [0, 0.05) is 32.0 Å². The lowest BCUT2D eigenvalue weighted by molar-refractivity contribution is 0.271. The van der Waals surface area contributed by atoms with E-state index in [2.05, 4.69) is 10.3 Å². The highest BCUT2D eigenvalue weighted by molar-refractivity contribution is 7.89. The van der Waals surface area contributed by atoms with Crippen molar-refractivity contribution in [2.45, 2.75) is 10.9 Å². The van der Waals surface area contributed by atoms with Crippen molar-refractivity contribution in [3.05, 3.63) is 58.1 Å². The minimum absolute atomic E-state index is 0.233. The molecule has 0 amide bonds. The Morgan fingerprint density at radius 2 is 2.00 bits per heavy atom. The number of halogens is 3. The fraction of sp³-hybridized carbons (Fsp3) is 0.267. The molecule has 0 saturated carbocycles. The highest BCUT2D eigenvalue weighted by Crippen LogP contribution is 2.36. The Morgan fingerprint density at radius 1 is 1.29 bits per heavy atom. The van der Waals surface area contributed by atoms with Crippen LogP contribution in [0.5, 0.6) is 0 Å². The highest BCUT2D eigenvalue weighted by Gasteiger charge is 2.37. The van der Waals surface area contributed by atoms with Gasteiger partial charge in [0.05, 0.1) is 16.1 Å². The maximum atomic E-state index is 13.4. The summed E-state index contributed by atoms with van der Waals surface area (Å²) >= 11 is 11.9. The first kappa shape index (κ1) is 17.6. The molecule has 1 atom stereocenters. The Hall–Kier alpha value is -1.25. The molecule has 3 rings (SSSR count). The van der Waals surface area contributed by atoms with Gasteiger partial charge in [0.15, 0.2) is 0 Å². The Bertz CT molecular complexity index is 826. The van der Waals surface area contributed by atoms with Crippen molar-refractivity contribution in [2.24, 2.45) is 0 Å². The molecule has 2 aromatic rings. The van der Waals surface area contributed by atoms with E-state index in [1.165, 1.54) is 4.31 Å². The summed E-state index contributed by atoms with van der Waals surface area (Å²) in [4.78, 5) is 3.77. The summed E-state index contributed by atoms with van der Waals surface area (Å²) in [7, 11) is -4.00. The summed E-state index contributed by atoms with van der Waals surface area (Å²) in [5, 5.41) is 2.70. The molecule has 1 unspecified atom stereocenters. The van der Waals surface area contributed by atoms with Crippen LogP contribution in [-0.2, 0) is 10.0 Å². The van der Waals surface area contributed by atoms with Crippen molar-refractivity contribution < 1.29 is 12.8 Å². The van der Waals surface area contributed by atoms with Crippen LogP contribution in [0.25, 0.3) is 0 Å². The van der Waals surface area contributed by atoms with Crippen LogP contribution in [0.1, 0.15) is 11.6 Å². The lowest BCUT2D eigenvalue weighted by Gasteiger charge is -2.35. The number of pyridine rings is 1. The molecule has 1 aromatic heterocycles. The molecule has 1 aliphatic heterocycles. The molecule has 0 spiro atoms. The number of hydrogen-bond donors (Lipinski definition) is 1. The first-order valence-corrected chi connectivity index (χ1v) is 9.38. The van der Waals surface area contributed by atoms with E-state index in [0.717, 1.165) is 17.7 Å². The minimum atomic E-state index is -4.00. The van der Waals surface area contributed by atoms with Gasteiger partial charge >= 0.3 is 0 Å². The first-order chi connectivity index (χ1) is 11.4. The second-order valence-corrected chi connectivity index (χ2v) is 7.96. The molecule has 1 N–H and O–H groups in total. The average Bonchev–Trinajstić information content (AvgIpc) is 2.54. The van der Waals surface area contributed by atoms with Crippen LogP contribution in [0.4, 0.5) is 4.39 Å². The predicted octanol–water partition coefficient (Wildman–Crippen LogP) is 2.86. The van der Waals surface area contributed by atoms with Gasteiger partial charge in [-0.1, -0.05) is 29.3 Å². The summed E-state index contributed by atoms with van der Waals surface area (Å²) in [5.41, 5.74) is 0.752. The Kier molecular flexibility index (Phi) is 5.08. The van der Waals surface area contributed by atoms with E-state index in [4.69, 9.17) is 23.2 Å². The molecule has 0 radical (unpaired) electrons. The molecule has 1 saturated heterocycles. The van der Waals surface area contributed by atoms with E-state index in [9.17, 15) is 12.8 Å². The number of hydrogen-bond acceptors (Lipinski definition) is 4. The predicted molar refractivity (Wildman–Crippen MR) is 90.2 cm³/mol. The molecule has 24 heavy (non-hydrogen) atoms. The van der Waals surface area contributed by atoms with Crippen molar-refractivity contribution in [3.8, 4) is 0 Å². The molecule has 1 aromatic carbocycles. The SMILES string of the molecule is O=S(=O)(c1c(Cl)cc(F)cc1Cl)N1CCNCC1c1cccnc1. The third kappa shape index (κ3) is 3.27. The van der Waals surface area contributed by atoms with Crippen molar-refractivity contribution >= 4 is 33.2 Å². The van der Waals surface area contributed by atoms with Gasteiger partial charge in [-0.25, -0.2) is 12.8 Å². The summed E-state index contributed by atoms with van der Waals surface area (Å²) < 4.78 is 40.9. The van der Waals surface area contributed by atoms with E-state index in [0.29, 0.717) is 13.1 Å². The van der Waals surface area contributed by atoms with E-state index >= 15 is 0 Å². The zero-order chi connectivity index (χ0) is 17.3. The van der Waals surface area contributed by atoms with Gasteiger partial charge in [0.2, 0.25) is 10.0 Å². The molecular weight excluding hydrogens is 376 g/mol. The van der Waals surface area contributed by atoms with Gasteiger partial charge in [-0.2, -0.15) is 4.31 Å². The van der Waals surface area contributed by atoms with Gasteiger partial charge in [-0.15, -0.1) is 0 Å². The monoisotopic (exact) mass is 389 g/mol. The van der Waals surface area contributed by atoms with Gasteiger partial charge < -0.3 is 5.32 Å². The third-order valence-corrected chi connectivity index (χ3v) is 6.62. The number of rotatable bonds is 3. The average molecular weight is 390 g/mol. The van der Waals surface area contributed by atoms with Crippen LogP contribution in [-0.4, -0.2) is 37.3 Å². The summed E-state index contributed by atoms with van der Waals surface area (Å²) in [6.07, 6.45) is 3.24. The number of nitrogens with zero attached hydrogens (tertiary/aromatic N) is 2. The van der Waals surface area contributed by atoms with Crippen LogP contribution >= 0.6 is 23.2 Å². The number of nitrogens with one attached hydrogen (secondary N) is 1. The molecule has 1 fully saturated rings. The molecule has 1 aliphatic rings. The van der Waals surface area contributed by atoms with Crippen molar-refractivity contribution in [3.63, 3.8) is 0 Å². The molecule has 128 valence electrons. The molecule has 0 bridgehead atoms. The normalized spacial score (nSPS) is 19.4. The topological polar surface area (TPSA) is 62.3 Å².